The fraction of sp³-hybridized carbons (Fsp3) is 0.545. The fourth-order valence-corrected chi connectivity index (χ4v) is 3.36. The summed E-state index contributed by atoms with van der Waals surface area (Å²) in [7, 11) is 0. The Hall–Kier alpha value is 0.244. The molecule has 0 aromatic rings. The van der Waals surface area contributed by atoms with Crippen molar-refractivity contribution in [2.24, 2.45) is 5.41 Å². The van der Waals surface area contributed by atoms with Crippen LogP contribution in [0.1, 0.15) is 34.6 Å². The van der Waals surface area contributed by atoms with Gasteiger partial charge in [-0.05, 0) is 0 Å². The van der Waals surface area contributed by atoms with E-state index in [-0.39, 0.29) is 30.2 Å². The van der Waals surface area contributed by atoms with Crippen LogP contribution in [0.4, 0.5) is 0 Å². The van der Waals surface area contributed by atoms with Gasteiger partial charge in [0.2, 0.25) is 0 Å². The molecule has 0 saturated carbocycles. The van der Waals surface area contributed by atoms with Gasteiger partial charge in [0, 0.05) is 0 Å². The molecule has 5 heteroatoms. The summed E-state index contributed by atoms with van der Waals surface area (Å²) in [6.07, 6.45) is 0. The van der Waals surface area contributed by atoms with E-state index in [1.807, 2.05) is 0 Å². The van der Waals surface area contributed by atoms with Crippen molar-refractivity contribution in [3.05, 3.63) is 20.6 Å². The van der Waals surface area contributed by atoms with E-state index in [1.165, 1.54) is 20.6 Å². The Bertz CT molecular complexity index is 333. The van der Waals surface area contributed by atoms with Crippen molar-refractivity contribution in [1.29, 1.82) is 0 Å². The third-order valence-electron chi connectivity index (χ3n) is 3.27. The summed E-state index contributed by atoms with van der Waals surface area (Å²) in [5.74, 6) is 0. The first-order valence-corrected chi connectivity index (χ1v) is 6.09. The molecule has 0 atom stereocenters. The van der Waals surface area contributed by atoms with Crippen molar-refractivity contribution in [2.45, 2.75) is 34.6 Å². The van der Waals surface area contributed by atoms with Crippen LogP contribution in [0.15, 0.2) is 20.6 Å². The Morgan fingerprint density at radius 3 is 1.94 bits per heavy atom. The van der Waals surface area contributed by atoms with E-state index in [0.717, 1.165) is 0 Å². The molecule has 0 aliphatic heterocycles. The monoisotopic (exact) mass is 298 g/mol. The first kappa shape index (κ1) is 18.6. The predicted octanol–water partition coefficient (Wildman–Crippen LogP) is -3.18. The minimum absolute atomic E-state index is 0. The number of halogens is 2. The summed E-state index contributed by atoms with van der Waals surface area (Å²) < 4.78 is 6.33. The minimum atomic E-state index is -0.730. The molecular formula is C11H16Cl2O2Ti. The van der Waals surface area contributed by atoms with Gasteiger partial charge in [-0.25, -0.2) is 0 Å². The van der Waals surface area contributed by atoms with Gasteiger partial charge in [0.1, 0.15) is 0 Å². The fourth-order valence-electron chi connectivity index (χ4n) is 1.88. The quantitative estimate of drug-likeness (QED) is 0.406. The van der Waals surface area contributed by atoms with Crippen molar-refractivity contribution in [3.63, 3.8) is 0 Å². The van der Waals surface area contributed by atoms with Crippen LogP contribution in [0.25, 0.3) is 0 Å². The Morgan fingerprint density at radius 1 is 1.12 bits per heavy atom. The zero-order chi connectivity index (χ0) is 10.9. The summed E-state index contributed by atoms with van der Waals surface area (Å²) in [5, 5.41) is 0. The van der Waals surface area contributed by atoms with Gasteiger partial charge in [-0.15, -0.1) is 0 Å². The van der Waals surface area contributed by atoms with E-state index in [4.69, 9.17) is 3.32 Å². The van der Waals surface area contributed by atoms with Crippen LogP contribution in [-0.2, 0) is 27.7 Å². The number of carbonyl (C=O) groups is 1. The average Bonchev–Trinajstić information content (AvgIpc) is 2.27. The first-order chi connectivity index (χ1) is 6.42. The SMILES string of the molecule is CC1=C(C)C(C)(C)[C]([Ti+2][O]C=O)=C1C.[Cl-].[Cl-]. The predicted molar refractivity (Wildman–Crippen MR) is 52.0 cm³/mol. The van der Waals surface area contributed by atoms with Gasteiger partial charge in [0.15, 0.2) is 0 Å². The average molecular weight is 299 g/mol. The zero-order valence-electron chi connectivity index (χ0n) is 10.1. The molecule has 1 aliphatic carbocycles. The van der Waals surface area contributed by atoms with Crippen LogP contribution in [0.3, 0.4) is 0 Å². The second kappa shape index (κ2) is 6.85. The number of carbonyl (C=O) groups excluding carboxylic acids is 1. The second-order valence-corrected chi connectivity index (χ2v) is 5.66. The van der Waals surface area contributed by atoms with Crippen molar-refractivity contribution < 1.29 is 52.5 Å². The van der Waals surface area contributed by atoms with E-state index in [0.29, 0.717) is 6.47 Å². The van der Waals surface area contributed by atoms with E-state index in [9.17, 15) is 4.79 Å². The van der Waals surface area contributed by atoms with Crippen LogP contribution < -0.4 is 24.8 Å². The second-order valence-electron chi connectivity index (χ2n) is 4.19. The number of hydrogen-bond donors (Lipinski definition) is 0. The molecule has 2 nitrogen and oxygen atoms in total. The topological polar surface area (TPSA) is 26.3 Å². The molecule has 1 aliphatic rings. The van der Waals surface area contributed by atoms with Crippen LogP contribution in [0, 0.1) is 5.41 Å². The van der Waals surface area contributed by atoms with Crippen molar-refractivity contribution in [1.82, 2.24) is 0 Å². The van der Waals surface area contributed by atoms with Gasteiger partial charge in [-0.3, -0.25) is 0 Å². The molecule has 0 aromatic heterocycles. The summed E-state index contributed by atoms with van der Waals surface area (Å²) in [6.45, 7) is 11.4. The van der Waals surface area contributed by atoms with Crippen LogP contribution in [0.5, 0.6) is 0 Å². The van der Waals surface area contributed by atoms with E-state index in [1.54, 1.807) is 0 Å². The van der Waals surface area contributed by atoms with Crippen molar-refractivity contribution in [3.8, 4) is 0 Å². The summed E-state index contributed by atoms with van der Waals surface area (Å²) >= 11 is -0.730. The van der Waals surface area contributed by atoms with Gasteiger partial charge in [0.05, 0.1) is 0 Å². The maximum Gasteiger partial charge on any atom is -1.00 e. The Balaban J connectivity index is 0. The van der Waals surface area contributed by atoms with E-state index < -0.39 is 19.5 Å². The largest absolute Gasteiger partial charge is 1.00 e. The molecule has 0 radical (unpaired) electrons. The molecule has 0 N–H and O–H groups in total. The molecule has 0 saturated heterocycles. The van der Waals surface area contributed by atoms with Crippen LogP contribution in [-0.4, -0.2) is 6.47 Å². The summed E-state index contributed by atoms with van der Waals surface area (Å²) in [6, 6.07) is 0. The molecule has 0 bridgehead atoms. The molecule has 0 fully saturated rings. The molecule has 0 amide bonds. The number of hydrogen-bond acceptors (Lipinski definition) is 2. The van der Waals surface area contributed by atoms with Gasteiger partial charge in [-0.2, -0.15) is 0 Å². The van der Waals surface area contributed by atoms with E-state index >= 15 is 0 Å². The van der Waals surface area contributed by atoms with Crippen LogP contribution >= 0.6 is 0 Å². The normalized spacial score (nSPS) is 17.3. The third kappa shape index (κ3) is 3.13. The molecule has 0 heterocycles. The molecule has 90 valence electrons. The minimum Gasteiger partial charge on any atom is -1.00 e. The number of rotatable bonds is 3. The van der Waals surface area contributed by atoms with Gasteiger partial charge < -0.3 is 24.8 Å². The third-order valence-corrected chi connectivity index (χ3v) is 5.49. The van der Waals surface area contributed by atoms with Gasteiger partial charge >= 0.3 is 94.8 Å². The van der Waals surface area contributed by atoms with Crippen molar-refractivity contribution in [2.75, 3.05) is 0 Å². The molecular weight excluding hydrogens is 283 g/mol. The zero-order valence-corrected chi connectivity index (χ0v) is 13.2. The Kier molecular flexibility index (Phi) is 7.97. The standard InChI is InChI=1S/C10H15.CH2O2.2ClH.Ti/c1-7-6-10(4,5)9(3)8(7)2;2-1-3;;;/h1-5H3;1H,(H,2,3);2*1H;/q;;;;+3/p-3. The van der Waals surface area contributed by atoms with Crippen molar-refractivity contribution >= 4 is 6.47 Å². The molecule has 16 heavy (non-hydrogen) atoms. The first-order valence-electron chi connectivity index (χ1n) is 4.68. The summed E-state index contributed by atoms with van der Waals surface area (Å²) in [4.78, 5) is 10.2. The Morgan fingerprint density at radius 2 is 1.62 bits per heavy atom. The van der Waals surface area contributed by atoms with Crippen LogP contribution in [0.2, 0.25) is 0 Å². The molecule has 0 aromatic carbocycles. The smallest absolute Gasteiger partial charge is 1.00 e. The molecule has 0 spiro atoms. The summed E-state index contributed by atoms with van der Waals surface area (Å²) in [5.41, 5.74) is 4.19. The maximum atomic E-state index is 10.2. The maximum absolute atomic E-state index is 10.2. The number of allylic oxidation sites excluding steroid dienone is 4. The molecule has 1 rings (SSSR count). The Labute approximate surface area is 119 Å². The van der Waals surface area contributed by atoms with Gasteiger partial charge in [-0.1, -0.05) is 0 Å². The van der Waals surface area contributed by atoms with Gasteiger partial charge in [0.25, 0.3) is 0 Å². The molecule has 0 unspecified atom stereocenters. The van der Waals surface area contributed by atoms with E-state index in [2.05, 4.69) is 34.6 Å².